The van der Waals surface area contributed by atoms with Crippen molar-refractivity contribution < 1.29 is 4.74 Å². The van der Waals surface area contributed by atoms with Crippen LogP contribution in [0, 0.1) is 23.7 Å². The third-order valence-electron chi connectivity index (χ3n) is 6.32. The lowest BCUT2D eigenvalue weighted by Crippen LogP contribution is -2.59. The molecule has 0 radical (unpaired) electrons. The van der Waals surface area contributed by atoms with Gasteiger partial charge in [0.25, 0.3) is 0 Å². The van der Waals surface area contributed by atoms with Crippen molar-refractivity contribution in [3.63, 3.8) is 0 Å². The molecule has 4 bridgehead atoms. The highest BCUT2D eigenvalue weighted by molar-refractivity contribution is 5.03. The highest BCUT2D eigenvalue weighted by Gasteiger charge is 2.51. The quantitative estimate of drug-likeness (QED) is 0.842. The Labute approximate surface area is 116 Å². The lowest BCUT2D eigenvalue weighted by molar-refractivity contribution is -0.0780. The molecule has 4 aliphatic carbocycles. The lowest BCUT2D eigenvalue weighted by Gasteiger charge is -2.58. The van der Waals surface area contributed by atoms with Crippen LogP contribution in [0.3, 0.4) is 0 Å². The molecule has 5 aliphatic rings. The second-order valence-electron chi connectivity index (χ2n) is 7.47. The van der Waals surface area contributed by atoms with Gasteiger partial charge in [-0.05, 0) is 62.2 Å². The van der Waals surface area contributed by atoms with Crippen LogP contribution in [-0.4, -0.2) is 43.3 Å². The van der Waals surface area contributed by atoms with Crippen LogP contribution in [0.5, 0.6) is 0 Å². The number of rotatable bonds is 4. The van der Waals surface area contributed by atoms with Gasteiger partial charge in [0.05, 0.1) is 6.61 Å². The van der Waals surface area contributed by atoms with E-state index in [0.717, 1.165) is 56.0 Å². The fraction of sp³-hybridized carbons (Fsp3) is 1.00. The summed E-state index contributed by atoms with van der Waals surface area (Å²) in [6.07, 6.45) is 8.79. The molecule has 0 aromatic heterocycles. The molecule has 1 saturated heterocycles. The van der Waals surface area contributed by atoms with Gasteiger partial charge in [-0.1, -0.05) is 0 Å². The first-order valence-corrected chi connectivity index (χ1v) is 8.38. The summed E-state index contributed by atoms with van der Waals surface area (Å²) in [6, 6.07) is 1.49. The molecule has 5 rings (SSSR count). The Bertz CT molecular complexity index is 299. The van der Waals surface area contributed by atoms with Crippen LogP contribution < -0.4 is 5.73 Å². The zero-order valence-corrected chi connectivity index (χ0v) is 12.0. The van der Waals surface area contributed by atoms with E-state index >= 15 is 0 Å². The van der Waals surface area contributed by atoms with Crippen molar-refractivity contribution >= 4 is 0 Å². The van der Waals surface area contributed by atoms with Crippen LogP contribution in [0.2, 0.25) is 0 Å². The third kappa shape index (κ3) is 2.14. The molecule has 0 aromatic rings. The summed E-state index contributed by atoms with van der Waals surface area (Å²) in [6.45, 7) is 3.79. The second-order valence-corrected chi connectivity index (χ2v) is 7.47. The van der Waals surface area contributed by atoms with Gasteiger partial charge >= 0.3 is 0 Å². The Morgan fingerprint density at radius 3 is 2.21 bits per heavy atom. The Kier molecular flexibility index (Phi) is 3.33. The first kappa shape index (κ1) is 12.6. The number of ether oxygens (including phenoxy) is 1. The molecule has 1 heterocycles. The van der Waals surface area contributed by atoms with Crippen LogP contribution in [0.1, 0.15) is 38.5 Å². The Morgan fingerprint density at radius 1 is 1.00 bits per heavy atom. The summed E-state index contributed by atoms with van der Waals surface area (Å²) >= 11 is 0. The number of nitrogens with two attached hydrogens (primary N) is 1. The van der Waals surface area contributed by atoms with Crippen LogP contribution >= 0.6 is 0 Å². The monoisotopic (exact) mass is 264 g/mol. The average molecular weight is 264 g/mol. The van der Waals surface area contributed by atoms with Crippen molar-refractivity contribution in [3.8, 4) is 0 Å². The van der Waals surface area contributed by atoms with E-state index in [2.05, 4.69) is 4.90 Å². The molecule has 3 nitrogen and oxygen atoms in total. The summed E-state index contributed by atoms with van der Waals surface area (Å²) in [7, 11) is 0. The van der Waals surface area contributed by atoms with Gasteiger partial charge in [-0.25, -0.2) is 0 Å². The lowest BCUT2D eigenvalue weighted by atomic mass is 9.53. The maximum Gasteiger partial charge on any atom is 0.0622 e. The number of nitrogens with zero attached hydrogens (tertiary/aromatic N) is 1. The fourth-order valence-corrected chi connectivity index (χ4v) is 5.95. The van der Waals surface area contributed by atoms with Gasteiger partial charge < -0.3 is 10.5 Å². The Balaban J connectivity index is 1.55. The van der Waals surface area contributed by atoms with Crippen LogP contribution in [0.15, 0.2) is 0 Å². The highest BCUT2D eigenvalue weighted by atomic mass is 16.5. The minimum absolute atomic E-state index is 0.658. The van der Waals surface area contributed by atoms with Gasteiger partial charge in [-0.3, -0.25) is 4.90 Å². The zero-order chi connectivity index (χ0) is 12.8. The molecule has 0 amide bonds. The van der Waals surface area contributed by atoms with Gasteiger partial charge in [-0.15, -0.1) is 0 Å². The molecule has 5 fully saturated rings. The number of hydrogen-bond acceptors (Lipinski definition) is 3. The fourth-order valence-electron chi connectivity index (χ4n) is 5.95. The summed E-state index contributed by atoms with van der Waals surface area (Å²) in [5, 5.41) is 0. The van der Waals surface area contributed by atoms with Gasteiger partial charge in [-0.2, -0.15) is 0 Å². The zero-order valence-electron chi connectivity index (χ0n) is 12.0. The normalized spacial score (nSPS) is 48.3. The third-order valence-corrected chi connectivity index (χ3v) is 6.32. The molecular weight excluding hydrogens is 236 g/mol. The van der Waals surface area contributed by atoms with Crippen LogP contribution in [-0.2, 0) is 4.74 Å². The maximum absolute atomic E-state index is 5.91. The van der Waals surface area contributed by atoms with Crippen molar-refractivity contribution in [1.82, 2.24) is 4.90 Å². The average Bonchev–Trinajstić information content (AvgIpc) is 2.89. The summed E-state index contributed by atoms with van der Waals surface area (Å²) in [5.74, 6) is 4.09. The molecular formula is C16H28N2O. The van der Waals surface area contributed by atoms with Crippen molar-refractivity contribution in [3.05, 3.63) is 0 Å². The van der Waals surface area contributed by atoms with E-state index in [4.69, 9.17) is 10.5 Å². The molecule has 1 atom stereocenters. The number of hydrogen-bond donors (Lipinski definition) is 1. The first-order chi connectivity index (χ1) is 9.35. The smallest absolute Gasteiger partial charge is 0.0622 e. The molecule has 4 saturated carbocycles. The molecule has 0 aromatic carbocycles. The topological polar surface area (TPSA) is 38.5 Å². The second kappa shape index (κ2) is 5.01. The minimum atomic E-state index is 0.658. The molecule has 3 heteroatoms. The molecule has 2 N–H and O–H groups in total. The van der Waals surface area contributed by atoms with E-state index in [0.29, 0.717) is 6.04 Å². The van der Waals surface area contributed by atoms with Crippen molar-refractivity contribution in [2.75, 3.05) is 26.3 Å². The summed E-state index contributed by atoms with van der Waals surface area (Å²) in [5.41, 5.74) is 5.91. The van der Waals surface area contributed by atoms with E-state index in [1.165, 1.54) is 32.1 Å². The van der Waals surface area contributed by atoms with E-state index in [-0.39, 0.29) is 0 Å². The van der Waals surface area contributed by atoms with Crippen molar-refractivity contribution in [2.24, 2.45) is 29.4 Å². The molecule has 0 spiro atoms. The van der Waals surface area contributed by atoms with E-state index in [9.17, 15) is 0 Å². The van der Waals surface area contributed by atoms with Gasteiger partial charge in [0, 0.05) is 31.8 Å². The highest BCUT2D eigenvalue weighted by Crippen LogP contribution is 2.55. The Hall–Kier alpha value is -0.120. The first-order valence-electron chi connectivity index (χ1n) is 8.38. The van der Waals surface area contributed by atoms with Crippen molar-refractivity contribution in [2.45, 2.75) is 50.6 Å². The van der Waals surface area contributed by atoms with E-state index < -0.39 is 0 Å². The molecule has 108 valence electrons. The predicted molar refractivity (Wildman–Crippen MR) is 75.8 cm³/mol. The van der Waals surface area contributed by atoms with E-state index in [1.54, 1.807) is 6.42 Å². The summed E-state index contributed by atoms with van der Waals surface area (Å²) < 4.78 is 5.64. The van der Waals surface area contributed by atoms with E-state index in [1.807, 2.05) is 0 Å². The van der Waals surface area contributed by atoms with Gasteiger partial charge in [0.2, 0.25) is 0 Å². The van der Waals surface area contributed by atoms with Crippen molar-refractivity contribution in [1.29, 1.82) is 0 Å². The van der Waals surface area contributed by atoms with Crippen LogP contribution in [0.25, 0.3) is 0 Å². The van der Waals surface area contributed by atoms with Gasteiger partial charge in [0.1, 0.15) is 0 Å². The maximum atomic E-state index is 5.91. The predicted octanol–water partition coefficient (Wildman–Crippen LogP) is 1.86. The molecule has 19 heavy (non-hydrogen) atoms. The van der Waals surface area contributed by atoms with Gasteiger partial charge in [0.15, 0.2) is 0 Å². The standard InChI is InChI=1S/C16H28N2O/c17-2-3-18(15-1-4-19-10-15)16-13-6-11-5-12(8-13)9-14(16)7-11/h11-16H,1-10,17H2. The largest absolute Gasteiger partial charge is 0.380 e. The van der Waals surface area contributed by atoms with Crippen LogP contribution in [0.4, 0.5) is 0 Å². The Morgan fingerprint density at radius 2 is 1.68 bits per heavy atom. The summed E-state index contributed by atoms with van der Waals surface area (Å²) in [4.78, 5) is 2.78. The molecule has 1 unspecified atom stereocenters. The SMILES string of the molecule is NCCN(C1CCOC1)C1C2CC3CC(C2)CC1C3. The minimum Gasteiger partial charge on any atom is -0.380 e. The molecule has 1 aliphatic heterocycles.